The molecule has 2 heterocycles. The van der Waals surface area contributed by atoms with Crippen LogP contribution >= 0.6 is 11.6 Å². The van der Waals surface area contributed by atoms with Crippen molar-refractivity contribution in [1.29, 1.82) is 5.26 Å². The van der Waals surface area contributed by atoms with Gasteiger partial charge < -0.3 is 4.74 Å². The molecule has 2 aromatic heterocycles. The minimum Gasteiger partial charge on any atom is -0.455 e. The van der Waals surface area contributed by atoms with Gasteiger partial charge in [0.15, 0.2) is 0 Å². The summed E-state index contributed by atoms with van der Waals surface area (Å²) in [6, 6.07) is 14.5. The average molecular weight is 469 g/mol. The summed E-state index contributed by atoms with van der Waals surface area (Å²) >= 11 is 6.17. The van der Waals surface area contributed by atoms with Crippen LogP contribution in [-0.2, 0) is 24.1 Å². The molecule has 4 rings (SSSR count). The molecule has 0 fully saturated rings. The summed E-state index contributed by atoms with van der Waals surface area (Å²) in [6.45, 7) is 0. The lowest BCUT2D eigenvalue weighted by Gasteiger charge is -2.14. The van der Waals surface area contributed by atoms with Gasteiger partial charge in [-0.05, 0) is 42.5 Å². The highest BCUT2D eigenvalue weighted by molar-refractivity contribution is 7.92. The molecule has 0 bridgehead atoms. The minimum absolute atomic E-state index is 0.0591. The number of benzene rings is 2. The number of nitriles is 1. The minimum atomic E-state index is -3.93. The lowest BCUT2D eigenvalue weighted by Crippen LogP contribution is -2.15. The third-order valence-electron chi connectivity index (χ3n) is 4.70. The first-order chi connectivity index (χ1) is 15.3. The molecule has 0 saturated heterocycles. The Morgan fingerprint density at radius 1 is 1.00 bits per heavy atom. The van der Waals surface area contributed by atoms with Crippen molar-refractivity contribution in [1.82, 2.24) is 19.6 Å². The van der Waals surface area contributed by atoms with Gasteiger partial charge in [-0.2, -0.15) is 15.5 Å². The van der Waals surface area contributed by atoms with E-state index in [0.29, 0.717) is 22.2 Å². The largest absolute Gasteiger partial charge is 0.455 e. The highest BCUT2D eigenvalue weighted by atomic mass is 35.5. The van der Waals surface area contributed by atoms with Crippen molar-refractivity contribution in [2.24, 2.45) is 14.1 Å². The zero-order valence-corrected chi connectivity index (χ0v) is 18.6. The zero-order valence-electron chi connectivity index (χ0n) is 17.0. The van der Waals surface area contributed by atoms with Crippen LogP contribution in [-0.4, -0.2) is 28.0 Å². The van der Waals surface area contributed by atoms with Gasteiger partial charge in [0.05, 0.1) is 22.3 Å². The molecular formula is C21H17ClN6O3S. The molecule has 162 valence electrons. The van der Waals surface area contributed by atoms with Gasteiger partial charge in [0, 0.05) is 36.9 Å². The number of nitrogens with one attached hydrogen (secondary N) is 1. The zero-order chi connectivity index (χ0) is 22.9. The monoisotopic (exact) mass is 468 g/mol. The molecule has 0 atom stereocenters. The van der Waals surface area contributed by atoms with E-state index in [2.05, 4.69) is 14.9 Å². The fraction of sp³-hybridized carbons (Fsp3) is 0.0952. The molecular weight excluding hydrogens is 452 g/mol. The van der Waals surface area contributed by atoms with Gasteiger partial charge in [-0.25, -0.2) is 8.42 Å². The topological polar surface area (TPSA) is 115 Å². The Kier molecular flexibility index (Phi) is 5.61. The molecule has 2 aromatic carbocycles. The van der Waals surface area contributed by atoms with E-state index in [-0.39, 0.29) is 16.2 Å². The maximum atomic E-state index is 12.7. The highest BCUT2D eigenvalue weighted by Crippen LogP contribution is 2.36. The second-order valence-corrected chi connectivity index (χ2v) is 8.92. The third-order valence-corrected chi connectivity index (χ3v) is 6.29. The Morgan fingerprint density at radius 2 is 1.72 bits per heavy atom. The Balaban J connectivity index is 1.69. The molecule has 11 heteroatoms. The first-order valence-corrected chi connectivity index (χ1v) is 11.2. The van der Waals surface area contributed by atoms with Crippen molar-refractivity contribution in [3.8, 4) is 28.8 Å². The van der Waals surface area contributed by atoms with Gasteiger partial charge in [0.25, 0.3) is 10.0 Å². The van der Waals surface area contributed by atoms with Crippen LogP contribution in [0.25, 0.3) is 11.3 Å². The lowest BCUT2D eigenvalue weighted by molar-refractivity contribution is 0.481. The number of hydrogen-bond acceptors (Lipinski definition) is 6. The van der Waals surface area contributed by atoms with E-state index in [4.69, 9.17) is 16.3 Å². The van der Waals surface area contributed by atoms with Crippen LogP contribution in [0, 0.1) is 11.3 Å². The van der Waals surface area contributed by atoms with E-state index < -0.39 is 10.0 Å². The van der Waals surface area contributed by atoms with E-state index in [1.54, 1.807) is 43.2 Å². The molecule has 0 radical (unpaired) electrons. The number of nitrogens with zero attached hydrogens (tertiary/aromatic N) is 5. The van der Waals surface area contributed by atoms with E-state index in [0.717, 1.165) is 5.69 Å². The molecule has 0 unspecified atom stereocenters. The van der Waals surface area contributed by atoms with Gasteiger partial charge in [-0.1, -0.05) is 11.6 Å². The molecule has 0 amide bonds. The molecule has 4 aromatic rings. The third kappa shape index (κ3) is 4.16. The van der Waals surface area contributed by atoms with Crippen LogP contribution in [0.15, 0.2) is 65.8 Å². The van der Waals surface area contributed by atoms with Gasteiger partial charge >= 0.3 is 0 Å². The quantitative estimate of drug-likeness (QED) is 0.458. The SMILES string of the molecule is Cn1nccc1NS(=O)(=O)c1ccc(Oc2ccc(Cl)cc2-c2ccnn2C)c(C#N)c1. The summed E-state index contributed by atoms with van der Waals surface area (Å²) in [5, 5.41) is 18.2. The Bertz CT molecular complexity index is 1450. The molecule has 0 aliphatic rings. The molecule has 0 saturated carbocycles. The van der Waals surface area contributed by atoms with E-state index in [9.17, 15) is 13.7 Å². The molecule has 9 nitrogen and oxygen atoms in total. The molecule has 0 aliphatic heterocycles. The standard InChI is InChI=1S/C21H17ClN6O3S/c1-27-18(7-9-24-27)17-12-15(22)3-5-20(17)31-19-6-4-16(11-14(19)13-23)32(29,30)26-21-8-10-25-28(21)2/h3-12,26H,1-2H3. The first kappa shape index (κ1) is 21.4. The average Bonchev–Trinajstić information content (AvgIpc) is 3.37. The predicted molar refractivity (Wildman–Crippen MR) is 119 cm³/mol. The summed E-state index contributed by atoms with van der Waals surface area (Å²) in [5.41, 5.74) is 1.50. The van der Waals surface area contributed by atoms with Crippen molar-refractivity contribution in [3.63, 3.8) is 0 Å². The lowest BCUT2D eigenvalue weighted by atomic mass is 10.1. The highest BCUT2D eigenvalue weighted by Gasteiger charge is 2.19. The van der Waals surface area contributed by atoms with E-state index in [1.165, 1.54) is 35.1 Å². The number of ether oxygens (including phenoxy) is 1. The van der Waals surface area contributed by atoms with Crippen molar-refractivity contribution in [2.75, 3.05) is 4.72 Å². The normalized spacial score (nSPS) is 11.2. The van der Waals surface area contributed by atoms with Crippen molar-refractivity contribution in [2.45, 2.75) is 4.90 Å². The molecule has 1 N–H and O–H groups in total. The summed E-state index contributed by atoms with van der Waals surface area (Å²) in [4.78, 5) is -0.0782. The van der Waals surface area contributed by atoms with E-state index >= 15 is 0 Å². The second kappa shape index (κ2) is 8.37. The maximum Gasteiger partial charge on any atom is 0.263 e. The Hall–Kier alpha value is -3.81. The number of sulfonamides is 1. The summed E-state index contributed by atoms with van der Waals surface area (Å²) < 4.78 is 37.0. The van der Waals surface area contributed by atoms with Crippen LogP contribution in [0.4, 0.5) is 5.82 Å². The van der Waals surface area contributed by atoms with Crippen LogP contribution in [0.2, 0.25) is 5.02 Å². The van der Waals surface area contributed by atoms with Crippen molar-refractivity contribution < 1.29 is 13.2 Å². The van der Waals surface area contributed by atoms with Crippen LogP contribution in [0.3, 0.4) is 0 Å². The van der Waals surface area contributed by atoms with Gasteiger partial charge in [0.1, 0.15) is 23.4 Å². The van der Waals surface area contributed by atoms with Gasteiger partial charge in [0.2, 0.25) is 0 Å². The molecule has 32 heavy (non-hydrogen) atoms. The Morgan fingerprint density at radius 3 is 2.38 bits per heavy atom. The summed E-state index contributed by atoms with van der Waals surface area (Å²) in [6.07, 6.45) is 3.12. The van der Waals surface area contributed by atoms with E-state index in [1.807, 2.05) is 12.1 Å². The number of rotatable bonds is 6. The number of hydrogen-bond donors (Lipinski definition) is 1. The first-order valence-electron chi connectivity index (χ1n) is 9.29. The van der Waals surface area contributed by atoms with Gasteiger partial charge in [-0.15, -0.1) is 0 Å². The molecule has 0 aliphatic carbocycles. The number of aryl methyl sites for hydroxylation is 2. The smallest absolute Gasteiger partial charge is 0.263 e. The predicted octanol–water partition coefficient (Wildman–Crippen LogP) is 3.94. The maximum absolute atomic E-state index is 12.7. The number of aromatic nitrogens is 4. The molecule has 0 spiro atoms. The fourth-order valence-electron chi connectivity index (χ4n) is 3.07. The van der Waals surface area contributed by atoms with Crippen molar-refractivity contribution in [3.05, 3.63) is 71.5 Å². The van der Waals surface area contributed by atoms with Crippen LogP contribution < -0.4 is 9.46 Å². The summed E-state index contributed by atoms with van der Waals surface area (Å²) in [5.74, 6) is 0.946. The second-order valence-electron chi connectivity index (χ2n) is 6.80. The number of halogens is 1. The Labute approximate surface area is 189 Å². The van der Waals surface area contributed by atoms with Crippen molar-refractivity contribution >= 4 is 27.4 Å². The van der Waals surface area contributed by atoms with Crippen LogP contribution in [0.5, 0.6) is 11.5 Å². The fourth-order valence-corrected chi connectivity index (χ4v) is 4.36. The van der Waals surface area contributed by atoms with Gasteiger partial charge in [-0.3, -0.25) is 14.1 Å². The number of anilines is 1. The summed E-state index contributed by atoms with van der Waals surface area (Å²) in [7, 11) is -0.529. The van der Waals surface area contributed by atoms with Crippen LogP contribution in [0.1, 0.15) is 5.56 Å².